The fourth-order valence-electron chi connectivity index (χ4n) is 5.56. The van der Waals surface area contributed by atoms with Crippen molar-refractivity contribution < 1.29 is 22.8 Å². The maximum absolute atomic E-state index is 2.29. The van der Waals surface area contributed by atoms with Crippen LogP contribution in [0.2, 0.25) is 0 Å². The number of unbranched alkanes of at least 4 members (excludes halogenated alkanes) is 26. The van der Waals surface area contributed by atoms with E-state index >= 15 is 0 Å². The highest BCUT2D eigenvalue weighted by molar-refractivity contribution is 4.50. The van der Waals surface area contributed by atoms with Crippen LogP contribution in [0.25, 0.3) is 0 Å². The first-order valence-electron chi connectivity index (χ1n) is 18.7. The molecule has 254 valence electrons. The first-order valence-corrected chi connectivity index (χ1v) is 18.7. The van der Waals surface area contributed by atoms with Crippen LogP contribution >= 0.6 is 0 Å². The largest absolute Gasteiger partial charge is 1.00 e. The van der Waals surface area contributed by atoms with E-state index in [1.54, 1.807) is 0 Å². The summed E-state index contributed by atoms with van der Waals surface area (Å²) in [5, 5.41) is 0. The molecule has 0 aliphatic rings. The van der Waals surface area contributed by atoms with Crippen molar-refractivity contribution in [3.63, 3.8) is 0 Å². The van der Waals surface area contributed by atoms with Gasteiger partial charge in [-0.05, 0) is 25.7 Å². The number of hydrogen-bond acceptors (Lipinski definition) is 0. The van der Waals surface area contributed by atoms with Gasteiger partial charge in [0, 0.05) is 0 Å². The zero-order chi connectivity index (χ0) is 30.2. The topological polar surface area (TPSA) is 0 Å². The van der Waals surface area contributed by atoms with Crippen molar-refractivity contribution in [2.24, 2.45) is 0 Å². The SMILES string of the molecule is CCCCCCCCCCCCCCCC[N+](C)(C)C.CCCCCCCCCCCCCCCC[N+](C)(C)C.[Cl-].[H-]. The number of hydrogen-bond donors (Lipinski definition) is 0. The van der Waals surface area contributed by atoms with Crippen molar-refractivity contribution in [1.29, 1.82) is 0 Å². The average Bonchev–Trinajstić information content (AvgIpc) is 2.88. The number of rotatable bonds is 30. The van der Waals surface area contributed by atoms with Crippen LogP contribution in [0.1, 0.15) is 195 Å². The van der Waals surface area contributed by atoms with Crippen molar-refractivity contribution in [1.82, 2.24) is 0 Å². The second-order valence-electron chi connectivity index (χ2n) is 15.2. The zero-order valence-electron chi connectivity index (χ0n) is 31.5. The van der Waals surface area contributed by atoms with Crippen LogP contribution in [0.5, 0.6) is 0 Å². The quantitative estimate of drug-likeness (QED) is 0.0565. The van der Waals surface area contributed by atoms with Crippen LogP contribution in [0.15, 0.2) is 0 Å². The van der Waals surface area contributed by atoms with E-state index in [2.05, 4.69) is 56.1 Å². The van der Waals surface area contributed by atoms with Gasteiger partial charge in [-0.25, -0.2) is 0 Å². The average molecular weight is 606 g/mol. The third-order valence-electron chi connectivity index (χ3n) is 8.36. The summed E-state index contributed by atoms with van der Waals surface area (Å²) in [5.74, 6) is 0. The molecule has 0 rings (SSSR count). The Kier molecular flexibility index (Phi) is 38.6. The van der Waals surface area contributed by atoms with Gasteiger partial charge in [-0.15, -0.1) is 0 Å². The molecule has 0 heterocycles. The lowest BCUT2D eigenvalue weighted by molar-refractivity contribution is -0.870. The third-order valence-corrected chi connectivity index (χ3v) is 8.36. The summed E-state index contributed by atoms with van der Waals surface area (Å²) in [7, 11) is 13.8. The van der Waals surface area contributed by atoms with Gasteiger partial charge in [-0.3, -0.25) is 0 Å². The molecule has 0 aromatic carbocycles. The Labute approximate surface area is 271 Å². The minimum Gasteiger partial charge on any atom is -1.00 e. The predicted octanol–water partition coefficient (Wildman–Crippen LogP) is 9.46. The van der Waals surface area contributed by atoms with Crippen LogP contribution in [-0.2, 0) is 0 Å². The van der Waals surface area contributed by atoms with Gasteiger partial charge >= 0.3 is 0 Å². The van der Waals surface area contributed by atoms with Crippen molar-refractivity contribution in [3.8, 4) is 0 Å². The lowest BCUT2D eigenvalue weighted by atomic mass is 10.0. The van der Waals surface area contributed by atoms with Gasteiger partial charge in [0.1, 0.15) is 0 Å². The van der Waals surface area contributed by atoms with Crippen molar-refractivity contribution in [2.45, 2.75) is 194 Å². The molecule has 0 spiro atoms. The maximum Gasteiger partial charge on any atom is 0.0780 e. The molecule has 0 aliphatic heterocycles. The van der Waals surface area contributed by atoms with Gasteiger partial charge in [0.25, 0.3) is 0 Å². The molecule has 2 nitrogen and oxygen atoms in total. The molecule has 0 bridgehead atoms. The van der Waals surface area contributed by atoms with Crippen LogP contribution in [0.3, 0.4) is 0 Å². The van der Waals surface area contributed by atoms with Gasteiger partial charge < -0.3 is 22.8 Å². The lowest BCUT2D eigenvalue weighted by Gasteiger charge is -2.23. The van der Waals surface area contributed by atoms with Gasteiger partial charge in [-0.2, -0.15) is 0 Å². The molecule has 0 fully saturated rings. The molecule has 0 radical (unpaired) electrons. The first kappa shape index (κ1) is 45.6. The van der Waals surface area contributed by atoms with Gasteiger partial charge in [0.05, 0.1) is 55.4 Å². The summed E-state index contributed by atoms with van der Waals surface area (Å²) < 4.78 is 2.25. The molecular formula is C38H85ClN2. The fraction of sp³-hybridized carbons (Fsp3) is 1.00. The number of halogens is 1. The maximum atomic E-state index is 2.29. The zero-order valence-corrected chi connectivity index (χ0v) is 31.2. The Balaban J connectivity index is -0.000000328. The Morgan fingerprint density at radius 1 is 0.268 bits per heavy atom. The second kappa shape index (κ2) is 34.7. The van der Waals surface area contributed by atoms with Crippen LogP contribution < -0.4 is 12.4 Å². The monoisotopic (exact) mass is 605 g/mol. The van der Waals surface area contributed by atoms with E-state index in [1.165, 1.54) is 193 Å². The molecule has 0 aromatic heterocycles. The van der Waals surface area contributed by atoms with Gasteiger partial charge in [0.15, 0.2) is 0 Å². The highest BCUT2D eigenvalue weighted by Gasteiger charge is 2.06. The molecule has 0 saturated carbocycles. The van der Waals surface area contributed by atoms with Gasteiger partial charge in [0.2, 0.25) is 0 Å². The van der Waals surface area contributed by atoms with E-state index < -0.39 is 0 Å². The smallest absolute Gasteiger partial charge is 0.0780 e. The molecule has 0 aromatic rings. The summed E-state index contributed by atoms with van der Waals surface area (Å²) in [6.07, 6.45) is 40.7. The van der Waals surface area contributed by atoms with Crippen molar-refractivity contribution >= 4 is 0 Å². The fourth-order valence-corrected chi connectivity index (χ4v) is 5.56. The normalized spacial score (nSPS) is 11.7. The van der Waals surface area contributed by atoms with Crippen molar-refractivity contribution in [3.05, 3.63) is 0 Å². The van der Waals surface area contributed by atoms with Crippen LogP contribution in [0, 0.1) is 0 Å². The number of quaternary nitrogens is 2. The Morgan fingerprint density at radius 2 is 0.415 bits per heavy atom. The third kappa shape index (κ3) is 50.2. The Morgan fingerprint density at radius 3 is 0.561 bits per heavy atom. The molecule has 0 aliphatic carbocycles. The summed E-state index contributed by atoms with van der Waals surface area (Å²) >= 11 is 0. The Bertz CT molecular complexity index is 417. The molecule has 0 atom stereocenters. The van der Waals surface area contributed by atoms with Crippen LogP contribution in [0.4, 0.5) is 0 Å². The van der Waals surface area contributed by atoms with E-state index in [4.69, 9.17) is 0 Å². The molecular weight excluding hydrogens is 520 g/mol. The van der Waals surface area contributed by atoms with E-state index in [9.17, 15) is 0 Å². The highest BCUT2D eigenvalue weighted by Crippen LogP contribution is 2.14. The summed E-state index contributed by atoms with van der Waals surface area (Å²) in [4.78, 5) is 0. The highest BCUT2D eigenvalue weighted by atomic mass is 35.5. The lowest BCUT2D eigenvalue weighted by Crippen LogP contribution is -3.00. The van der Waals surface area contributed by atoms with Crippen LogP contribution in [-0.4, -0.2) is 64.3 Å². The van der Waals surface area contributed by atoms with E-state index in [-0.39, 0.29) is 13.8 Å². The molecule has 0 saturated heterocycles. The molecule has 41 heavy (non-hydrogen) atoms. The van der Waals surface area contributed by atoms with Crippen molar-refractivity contribution in [2.75, 3.05) is 55.4 Å². The molecule has 0 amide bonds. The van der Waals surface area contributed by atoms with E-state index in [1.807, 2.05) is 0 Å². The van der Waals surface area contributed by atoms with E-state index in [0.29, 0.717) is 0 Å². The minimum atomic E-state index is 0. The first-order chi connectivity index (χ1) is 19.1. The minimum absolute atomic E-state index is 0. The van der Waals surface area contributed by atoms with E-state index in [0.717, 1.165) is 8.97 Å². The molecule has 0 unspecified atom stereocenters. The van der Waals surface area contributed by atoms with Gasteiger partial charge in [-0.1, -0.05) is 168 Å². The standard InChI is InChI=1S/2C19H42N.ClH.H/c2*1-5-6-7-8-9-10-11-12-13-14-15-16-17-18-19-20(2,3)4;;/h2*5-19H2,1-4H3;1H;/q2*+1;;-1/p-1. The molecule has 0 N–H and O–H groups in total. The summed E-state index contributed by atoms with van der Waals surface area (Å²) in [6, 6.07) is 0. The predicted molar refractivity (Wildman–Crippen MR) is 188 cm³/mol. The second-order valence-corrected chi connectivity index (χ2v) is 15.2. The summed E-state index contributed by atoms with van der Waals surface area (Å²) in [5.41, 5.74) is 0. The molecule has 3 heteroatoms. The Hall–Kier alpha value is 0.210. The summed E-state index contributed by atoms with van der Waals surface area (Å²) in [6.45, 7) is 7.25. The number of nitrogens with zero attached hydrogens (tertiary/aromatic N) is 2.